The van der Waals surface area contributed by atoms with E-state index >= 15 is 0 Å². The van der Waals surface area contributed by atoms with Crippen molar-refractivity contribution in [3.8, 4) is 0 Å². The van der Waals surface area contributed by atoms with E-state index in [0.29, 0.717) is 10.7 Å². The lowest BCUT2D eigenvalue weighted by atomic mass is 9.79. The summed E-state index contributed by atoms with van der Waals surface area (Å²) < 4.78 is 0. The number of amides is 1. The molecule has 0 spiro atoms. The standard InChI is InChI=1S/C11H13BClNO3/c1-11(4-5-11)10(15)14-9-3-2-7(13)6-8(9)12(16)17/h2-3,6,16-17H,4-5H2,1H3,(H,14,15). The number of benzene rings is 1. The molecule has 4 nitrogen and oxygen atoms in total. The van der Waals surface area contributed by atoms with Crippen molar-refractivity contribution in [2.45, 2.75) is 19.8 Å². The molecule has 90 valence electrons. The van der Waals surface area contributed by atoms with Crippen LogP contribution in [0.3, 0.4) is 0 Å². The van der Waals surface area contributed by atoms with Crippen LogP contribution in [0.2, 0.25) is 5.02 Å². The lowest BCUT2D eigenvalue weighted by molar-refractivity contribution is -0.120. The largest absolute Gasteiger partial charge is 0.490 e. The first kappa shape index (κ1) is 12.4. The van der Waals surface area contributed by atoms with Crippen molar-refractivity contribution >= 4 is 35.8 Å². The molecule has 1 aliphatic carbocycles. The Kier molecular flexibility index (Phi) is 3.16. The molecule has 0 radical (unpaired) electrons. The normalized spacial score (nSPS) is 16.5. The van der Waals surface area contributed by atoms with E-state index < -0.39 is 7.12 Å². The van der Waals surface area contributed by atoms with E-state index in [4.69, 9.17) is 11.6 Å². The molecule has 6 heteroatoms. The Labute approximate surface area is 105 Å². The molecule has 0 bridgehead atoms. The zero-order valence-electron chi connectivity index (χ0n) is 9.40. The van der Waals surface area contributed by atoms with Gasteiger partial charge in [0.2, 0.25) is 5.91 Å². The Hall–Kier alpha value is -1.04. The maximum atomic E-state index is 11.8. The molecule has 1 fully saturated rings. The van der Waals surface area contributed by atoms with Gasteiger partial charge in [0, 0.05) is 21.6 Å². The lowest BCUT2D eigenvalue weighted by Crippen LogP contribution is -2.34. The number of nitrogens with one attached hydrogen (secondary N) is 1. The van der Waals surface area contributed by atoms with Crippen LogP contribution in [0.15, 0.2) is 18.2 Å². The van der Waals surface area contributed by atoms with Crippen molar-refractivity contribution in [1.82, 2.24) is 0 Å². The number of carbonyl (C=O) groups is 1. The molecule has 2 rings (SSSR count). The van der Waals surface area contributed by atoms with Crippen LogP contribution in [0.5, 0.6) is 0 Å². The van der Waals surface area contributed by atoms with E-state index in [9.17, 15) is 14.8 Å². The first-order valence-corrected chi connectivity index (χ1v) is 5.77. The minimum Gasteiger partial charge on any atom is -0.423 e. The SMILES string of the molecule is CC1(C(=O)Nc2ccc(Cl)cc2B(O)O)CC1. The van der Waals surface area contributed by atoms with E-state index in [2.05, 4.69) is 5.32 Å². The van der Waals surface area contributed by atoms with Crippen molar-refractivity contribution in [3.05, 3.63) is 23.2 Å². The highest BCUT2D eigenvalue weighted by molar-refractivity contribution is 6.61. The summed E-state index contributed by atoms with van der Waals surface area (Å²) in [7, 11) is -1.66. The minimum absolute atomic E-state index is 0.0956. The smallest absolute Gasteiger partial charge is 0.423 e. The van der Waals surface area contributed by atoms with Crippen LogP contribution >= 0.6 is 11.6 Å². The van der Waals surface area contributed by atoms with Crippen molar-refractivity contribution in [2.75, 3.05) is 5.32 Å². The van der Waals surface area contributed by atoms with Crippen molar-refractivity contribution in [3.63, 3.8) is 0 Å². The van der Waals surface area contributed by atoms with Crippen LogP contribution in [0.1, 0.15) is 19.8 Å². The second-order valence-corrected chi connectivity index (χ2v) is 5.06. The summed E-state index contributed by atoms with van der Waals surface area (Å²) in [4.78, 5) is 11.8. The van der Waals surface area contributed by atoms with Crippen LogP contribution in [0.25, 0.3) is 0 Å². The highest BCUT2D eigenvalue weighted by atomic mass is 35.5. The fraction of sp³-hybridized carbons (Fsp3) is 0.364. The number of hydrogen-bond acceptors (Lipinski definition) is 3. The summed E-state index contributed by atoms with van der Waals surface area (Å²) in [5, 5.41) is 21.5. The monoisotopic (exact) mass is 253 g/mol. The van der Waals surface area contributed by atoms with Gasteiger partial charge in [0.1, 0.15) is 0 Å². The molecule has 1 aromatic rings. The van der Waals surface area contributed by atoms with Crippen LogP contribution in [0.4, 0.5) is 5.69 Å². The predicted molar refractivity (Wildman–Crippen MR) is 67.2 cm³/mol. The number of carbonyl (C=O) groups excluding carboxylic acids is 1. The molecule has 0 aliphatic heterocycles. The molecule has 1 aliphatic rings. The van der Waals surface area contributed by atoms with Gasteiger partial charge in [-0.1, -0.05) is 18.5 Å². The van der Waals surface area contributed by atoms with Crippen LogP contribution in [-0.4, -0.2) is 23.1 Å². The minimum atomic E-state index is -1.66. The summed E-state index contributed by atoms with van der Waals surface area (Å²) in [6, 6.07) is 4.59. The molecule has 0 unspecified atom stereocenters. The predicted octanol–water partition coefficient (Wildman–Crippen LogP) is 0.758. The average Bonchev–Trinajstić information content (AvgIpc) is 3.00. The highest BCUT2D eigenvalue weighted by Gasteiger charge is 2.45. The third-order valence-electron chi connectivity index (χ3n) is 3.09. The van der Waals surface area contributed by atoms with E-state index in [-0.39, 0.29) is 16.8 Å². The summed E-state index contributed by atoms with van der Waals surface area (Å²) in [5.41, 5.74) is 0.287. The summed E-state index contributed by atoms with van der Waals surface area (Å²) in [6.45, 7) is 1.88. The first-order valence-electron chi connectivity index (χ1n) is 5.39. The van der Waals surface area contributed by atoms with E-state index in [1.54, 1.807) is 12.1 Å². The summed E-state index contributed by atoms with van der Waals surface area (Å²) in [5.74, 6) is -0.0956. The number of hydrogen-bond donors (Lipinski definition) is 3. The topological polar surface area (TPSA) is 69.6 Å². The van der Waals surface area contributed by atoms with Gasteiger partial charge >= 0.3 is 7.12 Å². The lowest BCUT2D eigenvalue weighted by Gasteiger charge is -2.13. The molecular weight excluding hydrogens is 240 g/mol. The Balaban J connectivity index is 2.23. The molecule has 1 aromatic carbocycles. The molecular formula is C11H13BClNO3. The van der Waals surface area contributed by atoms with Gasteiger partial charge in [-0.2, -0.15) is 0 Å². The number of anilines is 1. The van der Waals surface area contributed by atoms with Gasteiger partial charge in [0.25, 0.3) is 0 Å². The maximum absolute atomic E-state index is 11.8. The summed E-state index contributed by atoms with van der Waals surface area (Å²) in [6.07, 6.45) is 1.73. The molecule has 0 aromatic heterocycles. The Bertz CT molecular complexity index is 460. The molecule has 1 saturated carbocycles. The van der Waals surface area contributed by atoms with Crippen molar-refractivity contribution in [2.24, 2.45) is 5.41 Å². The van der Waals surface area contributed by atoms with Crippen LogP contribution < -0.4 is 10.8 Å². The Morgan fingerprint density at radius 1 is 1.47 bits per heavy atom. The van der Waals surface area contributed by atoms with E-state index in [1.165, 1.54) is 6.07 Å². The zero-order valence-corrected chi connectivity index (χ0v) is 10.2. The van der Waals surface area contributed by atoms with Gasteiger partial charge in [0.05, 0.1) is 0 Å². The first-order chi connectivity index (χ1) is 7.92. The van der Waals surface area contributed by atoms with Gasteiger partial charge < -0.3 is 15.4 Å². The van der Waals surface area contributed by atoms with Gasteiger partial charge in [0.15, 0.2) is 0 Å². The molecule has 0 atom stereocenters. The molecule has 17 heavy (non-hydrogen) atoms. The highest BCUT2D eigenvalue weighted by Crippen LogP contribution is 2.45. The second kappa shape index (κ2) is 4.33. The third kappa shape index (κ3) is 2.62. The van der Waals surface area contributed by atoms with Gasteiger partial charge in [-0.05, 0) is 31.0 Å². The van der Waals surface area contributed by atoms with Crippen molar-refractivity contribution < 1.29 is 14.8 Å². The Morgan fingerprint density at radius 2 is 2.12 bits per heavy atom. The second-order valence-electron chi connectivity index (χ2n) is 4.62. The number of rotatable bonds is 3. The quantitative estimate of drug-likeness (QED) is 0.697. The van der Waals surface area contributed by atoms with Gasteiger partial charge in [-0.15, -0.1) is 0 Å². The molecule has 0 saturated heterocycles. The van der Waals surface area contributed by atoms with Gasteiger partial charge in [-0.25, -0.2) is 0 Å². The fourth-order valence-corrected chi connectivity index (χ4v) is 1.73. The molecule has 3 N–H and O–H groups in total. The third-order valence-corrected chi connectivity index (χ3v) is 3.32. The fourth-order valence-electron chi connectivity index (χ4n) is 1.55. The van der Waals surface area contributed by atoms with E-state index in [1.807, 2.05) is 6.92 Å². The molecule has 1 amide bonds. The Morgan fingerprint density at radius 3 is 2.65 bits per heavy atom. The number of halogens is 1. The van der Waals surface area contributed by atoms with Gasteiger partial charge in [-0.3, -0.25) is 4.79 Å². The van der Waals surface area contributed by atoms with Crippen LogP contribution in [0, 0.1) is 5.41 Å². The van der Waals surface area contributed by atoms with E-state index in [0.717, 1.165) is 12.8 Å². The maximum Gasteiger partial charge on any atom is 0.490 e. The van der Waals surface area contributed by atoms with Crippen molar-refractivity contribution in [1.29, 1.82) is 0 Å². The summed E-state index contributed by atoms with van der Waals surface area (Å²) >= 11 is 5.76. The zero-order chi connectivity index (χ0) is 12.6. The van der Waals surface area contributed by atoms with Crippen LogP contribution in [-0.2, 0) is 4.79 Å². The average molecular weight is 253 g/mol. The molecule has 0 heterocycles.